The molecule has 0 bridgehead atoms. The molecule has 0 aromatic rings. The zero-order valence-electron chi connectivity index (χ0n) is 13.1. The topological polar surface area (TPSA) is 41.6 Å². The van der Waals surface area contributed by atoms with Gasteiger partial charge in [-0.2, -0.15) is 0 Å². The lowest BCUT2D eigenvalue weighted by molar-refractivity contribution is -0.144. The van der Waals surface area contributed by atoms with Crippen LogP contribution in [-0.2, 0) is 9.53 Å². The number of carbonyl (C=O) groups is 1. The fourth-order valence-corrected chi connectivity index (χ4v) is 2.87. The number of hydrogen-bond donors (Lipinski definition) is 1. The van der Waals surface area contributed by atoms with Gasteiger partial charge in [0.1, 0.15) is 6.04 Å². The van der Waals surface area contributed by atoms with E-state index in [9.17, 15) is 4.79 Å². The fourth-order valence-electron chi connectivity index (χ4n) is 2.87. The van der Waals surface area contributed by atoms with E-state index in [2.05, 4.69) is 37.9 Å². The molecule has 0 saturated carbocycles. The lowest BCUT2D eigenvalue weighted by Gasteiger charge is -2.37. The molecule has 4 heteroatoms. The zero-order valence-corrected chi connectivity index (χ0v) is 13.1. The maximum Gasteiger partial charge on any atom is 0.323 e. The normalized spacial score (nSPS) is 24.2. The number of esters is 1. The monoisotopic (exact) mass is 270 g/mol. The van der Waals surface area contributed by atoms with Gasteiger partial charge >= 0.3 is 5.97 Å². The Morgan fingerprint density at radius 2 is 2.11 bits per heavy atom. The summed E-state index contributed by atoms with van der Waals surface area (Å²) in [7, 11) is 1.46. The molecule has 0 amide bonds. The molecule has 19 heavy (non-hydrogen) atoms. The molecule has 3 atom stereocenters. The summed E-state index contributed by atoms with van der Waals surface area (Å²) in [4.78, 5) is 14.3. The molecule has 3 unspecified atom stereocenters. The lowest BCUT2D eigenvalue weighted by Crippen LogP contribution is -2.51. The van der Waals surface area contributed by atoms with Crippen molar-refractivity contribution in [1.82, 2.24) is 10.2 Å². The van der Waals surface area contributed by atoms with Gasteiger partial charge in [0.25, 0.3) is 0 Å². The van der Waals surface area contributed by atoms with Gasteiger partial charge in [-0.05, 0) is 44.7 Å². The number of likely N-dealkylation sites (tertiary alicyclic amines) is 1. The van der Waals surface area contributed by atoms with E-state index in [4.69, 9.17) is 4.74 Å². The highest BCUT2D eigenvalue weighted by molar-refractivity contribution is 5.75. The van der Waals surface area contributed by atoms with E-state index in [1.165, 1.54) is 26.5 Å². The van der Waals surface area contributed by atoms with Crippen LogP contribution >= 0.6 is 0 Å². The molecular formula is C15H30N2O2. The van der Waals surface area contributed by atoms with Crippen LogP contribution in [0, 0.1) is 11.8 Å². The van der Waals surface area contributed by atoms with Gasteiger partial charge in [0.2, 0.25) is 0 Å². The van der Waals surface area contributed by atoms with E-state index < -0.39 is 0 Å². The fraction of sp³-hybridized carbons (Fsp3) is 0.933. The molecule has 112 valence electrons. The van der Waals surface area contributed by atoms with Crippen LogP contribution in [-0.4, -0.2) is 49.7 Å². The predicted molar refractivity (Wildman–Crippen MR) is 78.1 cm³/mol. The maximum atomic E-state index is 11.8. The number of nitrogens with zero attached hydrogens (tertiary/aromatic N) is 1. The van der Waals surface area contributed by atoms with E-state index in [1.807, 2.05) is 0 Å². The molecule has 1 aliphatic heterocycles. The Morgan fingerprint density at radius 1 is 1.42 bits per heavy atom. The van der Waals surface area contributed by atoms with Gasteiger partial charge in [-0.25, -0.2) is 0 Å². The van der Waals surface area contributed by atoms with E-state index in [-0.39, 0.29) is 17.9 Å². The van der Waals surface area contributed by atoms with Gasteiger partial charge in [0, 0.05) is 12.6 Å². The number of rotatable bonds is 6. The Hall–Kier alpha value is -0.610. The number of nitrogens with one attached hydrogen (secondary N) is 1. The molecule has 0 spiro atoms. The molecule has 1 heterocycles. The van der Waals surface area contributed by atoms with E-state index in [1.54, 1.807) is 0 Å². The zero-order chi connectivity index (χ0) is 14.4. The summed E-state index contributed by atoms with van der Waals surface area (Å²) in [5, 5.41) is 3.48. The Morgan fingerprint density at radius 3 is 2.63 bits per heavy atom. The van der Waals surface area contributed by atoms with Crippen LogP contribution in [0.25, 0.3) is 0 Å². The van der Waals surface area contributed by atoms with Gasteiger partial charge in [-0.3, -0.25) is 4.79 Å². The highest BCUT2D eigenvalue weighted by Gasteiger charge is 2.29. The average Bonchev–Trinajstić information content (AvgIpc) is 2.43. The molecule has 0 radical (unpaired) electrons. The van der Waals surface area contributed by atoms with Crippen molar-refractivity contribution in [3.63, 3.8) is 0 Å². The van der Waals surface area contributed by atoms with E-state index in [0.29, 0.717) is 12.0 Å². The molecule has 1 saturated heterocycles. The van der Waals surface area contributed by atoms with Crippen LogP contribution in [0.1, 0.15) is 40.5 Å². The smallest absolute Gasteiger partial charge is 0.323 e. The minimum atomic E-state index is -0.197. The van der Waals surface area contributed by atoms with Crippen molar-refractivity contribution in [3.8, 4) is 0 Å². The van der Waals surface area contributed by atoms with E-state index >= 15 is 0 Å². The largest absolute Gasteiger partial charge is 0.468 e. The molecule has 1 fully saturated rings. The van der Waals surface area contributed by atoms with Crippen LogP contribution < -0.4 is 5.32 Å². The van der Waals surface area contributed by atoms with Crippen LogP contribution in [0.15, 0.2) is 0 Å². The molecule has 0 aliphatic carbocycles. The number of carbonyl (C=O) groups excluding carboxylic acids is 1. The Bertz CT molecular complexity index is 281. The molecular weight excluding hydrogens is 240 g/mol. The number of piperidine rings is 1. The lowest BCUT2D eigenvalue weighted by atomic mass is 9.90. The SMILES string of the molecule is CCN1CCCC(C(C)NC(C(=O)OC)C(C)C)C1. The van der Waals surface area contributed by atoms with Gasteiger partial charge in [-0.15, -0.1) is 0 Å². The second-order valence-electron chi connectivity index (χ2n) is 6.00. The van der Waals surface area contributed by atoms with E-state index in [0.717, 1.165) is 13.1 Å². The quantitative estimate of drug-likeness (QED) is 0.749. The highest BCUT2D eigenvalue weighted by Crippen LogP contribution is 2.20. The predicted octanol–water partition coefficient (Wildman–Crippen LogP) is 1.89. The second kappa shape index (κ2) is 7.85. The molecule has 4 nitrogen and oxygen atoms in total. The summed E-state index contributed by atoms with van der Waals surface area (Å²) < 4.78 is 4.89. The maximum absolute atomic E-state index is 11.8. The van der Waals surface area contributed by atoms with Crippen molar-refractivity contribution in [2.24, 2.45) is 11.8 Å². The molecule has 1 rings (SSSR count). The molecule has 0 aromatic heterocycles. The molecule has 1 N–H and O–H groups in total. The third-order valence-electron chi connectivity index (χ3n) is 4.26. The van der Waals surface area contributed by atoms with Gasteiger partial charge in [0.15, 0.2) is 0 Å². The number of methoxy groups -OCH3 is 1. The third-order valence-corrected chi connectivity index (χ3v) is 4.26. The van der Waals surface area contributed by atoms with Crippen LogP contribution in [0.3, 0.4) is 0 Å². The van der Waals surface area contributed by atoms with Crippen molar-refractivity contribution in [3.05, 3.63) is 0 Å². The van der Waals surface area contributed by atoms with Crippen LogP contribution in [0.5, 0.6) is 0 Å². The Kier molecular flexibility index (Phi) is 6.80. The van der Waals surface area contributed by atoms with Crippen LogP contribution in [0.4, 0.5) is 0 Å². The Balaban J connectivity index is 2.56. The third kappa shape index (κ3) is 4.77. The first-order chi connectivity index (χ1) is 8.99. The second-order valence-corrected chi connectivity index (χ2v) is 6.00. The van der Waals surface area contributed by atoms with Crippen LogP contribution in [0.2, 0.25) is 0 Å². The highest BCUT2D eigenvalue weighted by atomic mass is 16.5. The number of hydrogen-bond acceptors (Lipinski definition) is 4. The Labute approximate surface area is 117 Å². The molecule has 0 aromatic carbocycles. The average molecular weight is 270 g/mol. The standard InChI is InChI=1S/C15H30N2O2/c1-6-17-9-7-8-13(10-17)12(4)16-14(11(2)3)15(18)19-5/h11-14,16H,6-10H2,1-5H3. The summed E-state index contributed by atoms with van der Waals surface area (Å²) in [6, 6.07) is 0.151. The van der Waals surface area contributed by atoms with Crippen molar-refractivity contribution in [2.45, 2.75) is 52.6 Å². The summed E-state index contributed by atoms with van der Waals surface area (Å²) in [6.45, 7) is 12.0. The first kappa shape index (κ1) is 16.4. The molecule has 1 aliphatic rings. The van der Waals surface area contributed by atoms with Crippen molar-refractivity contribution >= 4 is 5.97 Å². The van der Waals surface area contributed by atoms with Gasteiger partial charge in [-0.1, -0.05) is 20.8 Å². The van der Waals surface area contributed by atoms with Crippen molar-refractivity contribution in [1.29, 1.82) is 0 Å². The first-order valence-corrected chi connectivity index (χ1v) is 7.55. The van der Waals surface area contributed by atoms with Gasteiger partial charge in [0.05, 0.1) is 7.11 Å². The van der Waals surface area contributed by atoms with Crippen molar-refractivity contribution in [2.75, 3.05) is 26.7 Å². The summed E-state index contributed by atoms with van der Waals surface area (Å²) >= 11 is 0. The summed E-state index contributed by atoms with van der Waals surface area (Å²) in [6.07, 6.45) is 2.51. The first-order valence-electron chi connectivity index (χ1n) is 7.55. The van der Waals surface area contributed by atoms with Gasteiger partial charge < -0.3 is 15.0 Å². The van der Waals surface area contributed by atoms with Crippen molar-refractivity contribution < 1.29 is 9.53 Å². The minimum Gasteiger partial charge on any atom is -0.468 e. The minimum absolute atomic E-state index is 0.148. The summed E-state index contributed by atoms with van der Waals surface area (Å²) in [5.74, 6) is 0.727. The summed E-state index contributed by atoms with van der Waals surface area (Å²) in [5.41, 5.74) is 0. The number of ether oxygens (including phenoxy) is 1.